The Morgan fingerprint density at radius 2 is 2.00 bits per heavy atom. The normalized spacial score (nSPS) is 12.3. The van der Waals surface area contributed by atoms with Gasteiger partial charge in [-0.05, 0) is 37.3 Å². The lowest BCUT2D eigenvalue weighted by atomic mass is 10.2. The van der Waals surface area contributed by atoms with Crippen molar-refractivity contribution >= 4 is 28.5 Å². The van der Waals surface area contributed by atoms with Crippen LogP contribution in [0.4, 0.5) is 0 Å². The Bertz CT molecular complexity index is 841. The Hall–Kier alpha value is -2.33. The fourth-order valence-electron chi connectivity index (χ4n) is 2.53. The number of imidazole rings is 1. The van der Waals surface area contributed by atoms with E-state index in [-0.39, 0.29) is 11.9 Å². The van der Waals surface area contributed by atoms with Gasteiger partial charge in [-0.3, -0.25) is 4.79 Å². The van der Waals surface area contributed by atoms with E-state index in [1.165, 1.54) is 0 Å². The Balaban J connectivity index is 1.85. The van der Waals surface area contributed by atoms with Gasteiger partial charge in [0.25, 0.3) is 5.91 Å². The molecule has 0 saturated heterocycles. The lowest BCUT2D eigenvalue weighted by Crippen LogP contribution is -2.28. The second-order valence-corrected chi connectivity index (χ2v) is 5.66. The molecule has 0 aliphatic rings. The zero-order chi connectivity index (χ0) is 15.7. The van der Waals surface area contributed by atoms with Crippen LogP contribution in [0.5, 0.6) is 0 Å². The van der Waals surface area contributed by atoms with Gasteiger partial charge >= 0.3 is 0 Å². The molecule has 0 radical (unpaired) electrons. The molecule has 0 fully saturated rings. The first-order chi connectivity index (χ1) is 10.6. The summed E-state index contributed by atoms with van der Waals surface area (Å²) in [6.45, 7) is 1.92. The molecule has 4 nitrogen and oxygen atoms in total. The van der Waals surface area contributed by atoms with Crippen LogP contribution >= 0.6 is 11.6 Å². The van der Waals surface area contributed by atoms with Crippen LogP contribution in [0.3, 0.4) is 0 Å². The first kappa shape index (κ1) is 14.6. The molecular formula is C17H16ClN3O. The fraction of sp³-hybridized carbons (Fsp3) is 0.176. The third kappa shape index (κ3) is 2.70. The van der Waals surface area contributed by atoms with Gasteiger partial charge in [-0.2, -0.15) is 0 Å². The summed E-state index contributed by atoms with van der Waals surface area (Å²) in [5, 5.41) is 3.51. The summed E-state index contributed by atoms with van der Waals surface area (Å²) in [5.74, 6) is 0.652. The number of para-hydroxylation sites is 2. The number of nitrogens with zero attached hydrogens (tertiary/aromatic N) is 2. The summed E-state index contributed by atoms with van der Waals surface area (Å²) in [6, 6.07) is 14.6. The van der Waals surface area contributed by atoms with Crippen LogP contribution in [0.25, 0.3) is 11.0 Å². The number of fused-ring (bicyclic) bond motifs is 1. The van der Waals surface area contributed by atoms with E-state index in [0.29, 0.717) is 10.6 Å². The summed E-state index contributed by atoms with van der Waals surface area (Å²) in [4.78, 5) is 16.9. The molecule has 2 aromatic carbocycles. The number of nitrogens with one attached hydrogen (secondary N) is 1. The fourth-order valence-corrected chi connectivity index (χ4v) is 2.72. The smallest absolute Gasteiger partial charge is 0.251 e. The van der Waals surface area contributed by atoms with Crippen molar-refractivity contribution in [2.75, 3.05) is 0 Å². The van der Waals surface area contributed by atoms with Gasteiger partial charge < -0.3 is 9.88 Å². The van der Waals surface area contributed by atoms with E-state index < -0.39 is 0 Å². The molecule has 0 spiro atoms. The van der Waals surface area contributed by atoms with Gasteiger partial charge in [0, 0.05) is 17.6 Å². The van der Waals surface area contributed by atoms with Crippen molar-refractivity contribution < 1.29 is 4.79 Å². The minimum atomic E-state index is -0.205. The number of amides is 1. The largest absolute Gasteiger partial charge is 0.342 e. The highest BCUT2D eigenvalue weighted by molar-refractivity contribution is 6.30. The average molecular weight is 314 g/mol. The zero-order valence-corrected chi connectivity index (χ0v) is 13.1. The maximum absolute atomic E-state index is 12.3. The highest BCUT2D eigenvalue weighted by atomic mass is 35.5. The highest BCUT2D eigenvalue weighted by Gasteiger charge is 2.17. The molecule has 1 aromatic heterocycles. The molecule has 0 saturated carbocycles. The molecule has 0 aliphatic heterocycles. The molecule has 1 unspecified atom stereocenters. The van der Waals surface area contributed by atoms with Crippen LogP contribution < -0.4 is 5.32 Å². The van der Waals surface area contributed by atoms with Crippen LogP contribution in [0.15, 0.2) is 48.5 Å². The number of hydrogen-bond acceptors (Lipinski definition) is 2. The summed E-state index contributed by atoms with van der Waals surface area (Å²) >= 11 is 5.92. The molecule has 0 bridgehead atoms. The van der Waals surface area contributed by atoms with Crippen LogP contribution in [0.2, 0.25) is 5.02 Å². The summed E-state index contributed by atoms with van der Waals surface area (Å²) < 4.78 is 2.00. The van der Waals surface area contributed by atoms with E-state index in [0.717, 1.165) is 16.9 Å². The van der Waals surface area contributed by atoms with Gasteiger partial charge in [-0.15, -0.1) is 0 Å². The zero-order valence-electron chi connectivity index (χ0n) is 12.4. The molecule has 1 N–H and O–H groups in total. The number of rotatable bonds is 3. The third-order valence-electron chi connectivity index (χ3n) is 3.64. The lowest BCUT2D eigenvalue weighted by molar-refractivity contribution is 0.0938. The summed E-state index contributed by atoms with van der Waals surface area (Å²) in [7, 11) is 1.95. The van der Waals surface area contributed by atoms with Crippen molar-refractivity contribution in [3.8, 4) is 0 Å². The minimum Gasteiger partial charge on any atom is -0.342 e. The third-order valence-corrected chi connectivity index (χ3v) is 3.88. The topological polar surface area (TPSA) is 46.9 Å². The SMILES string of the molecule is CC(NC(=O)c1cccc(Cl)c1)c1nc2ccccc2n1C. The number of carbonyl (C=O) groups excluding carboxylic acids is 1. The van der Waals surface area contributed by atoms with Crippen LogP contribution in [-0.2, 0) is 7.05 Å². The van der Waals surface area contributed by atoms with Crippen LogP contribution in [0.1, 0.15) is 29.1 Å². The molecule has 112 valence electrons. The Kier molecular flexibility index (Phi) is 3.86. The van der Waals surface area contributed by atoms with Gasteiger partial charge in [0.05, 0.1) is 17.1 Å². The van der Waals surface area contributed by atoms with Crippen LogP contribution in [0, 0.1) is 0 Å². The maximum atomic E-state index is 12.3. The second-order valence-electron chi connectivity index (χ2n) is 5.22. The van der Waals surface area contributed by atoms with Crippen molar-refractivity contribution in [1.29, 1.82) is 0 Å². The standard InChI is InChI=1S/C17H16ClN3O/c1-11(19-17(22)12-6-5-7-13(18)10-12)16-20-14-8-3-4-9-15(14)21(16)2/h3-11H,1-2H3,(H,19,22). The summed E-state index contributed by atoms with van der Waals surface area (Å²) in [6.07, 6.45) is 0. The van der Waals surface area contributed by atoms with Gasteiger partial charge in [-0.1, -0.05) is 29.8 Å². The minimum absolute atomic E-state index is 0.165. The molecule has 1 heterocycles. The Morgan fingerprint density at radius 1 is 1.23 bits per heavy atom. The van der Waals surface area contributed by atoms with E-state index in [1.54, 1.807) is 24.3 Å². The molecule has 3 rings (SSSR count). The van der Waals surface area contributed by atoms with E-state index in [2.05, 4.69) is 10.3 Å². The van der Waals surface area contributed by atoms with Crippen molar-refractivity contribution in [2.24, 2.45) is 7.05 Å². The van der Waals surface area contributed by atoms with Gasteiger partial charge in [-0.25, -0.2) is 4.98 Å². The second kappa shape index (κ2) is 5.81. The molecule has 1 atom stereocenters. The summed E-state index contributed by atoms with van der Waals surface area (Å²) in [5.41, 5.74) is 2.50. The Labute approximate surface area is 133 Å². The number of aryl methyl sites for hydroxylation is 1. The first-order valence-electron chi connectivity index (χ1n) is 7.04. The number of benzene rings is 2. The lowest BCUT2D eigenvalue weighted by Gasteiger charge is -2.14. The Morgan fingerprint density at radius 3 is 2.73 bits per heavy atom. The van der Waals surface area contributed by atoms with Crippen molar-refractivity contribution in [3.63, 3.8) is 0 Å². The number of hydrogen-bond donors (Lipinski definition) is 1. The predicted molar refractivity (Wildman–Crippen MR) is 88.0 cm³/mol. The molecule has 3 aromatic rings. The van der Waals surface area contributed by atoms with Crippen molar-refractivity contribution in [2.45, 2.75) is 13.0 Å². The van der Waals surface area contributed by atoms with E-state index in [1.807, 2.05) is 42.8 Å². The maximum Gasteiger partial charge on any atom is 0.251 e. The van der Waals surface area contributed by atoms with Crippen LogP contribution in [-0.4, -0.2) is 15.5 Å². The van der Waals surface area contributed by atoms with Crippen molar-refractivity contribution in [3.05, 3.63) is 64.9 Å². The van der Waals surface area contributed by atoms with Gasteiger partial charge in [0.15, 0.2) is 0 Å². The van der Waals surface area contributed by atoms with E-state index >= 15 is 0 Å². The molecular weight excluding hydrogens is 298 g/mol. The van der Waals surface area contributed by atoms with Crippen molar-refractivity contribution in [1.82, 2.24) is 14.9 Å². The van der Waals surface area contributed by atoms with Gasteiger partial charge in [0.2, 0.25) is 0 Å². The molecule has 0 aliphatic carbocycles. The number of carbonyl (C=O) groups is 1. The molecule has 1 amide bonds. The first-order valence-corrected chi connectivity index (χ1v) is 7.42. The quantitative estimate of drug-likeness (QED) is 0.801. The average Bonchev–Trinajstić information content (AvgIpc) is 2.85. The monoisotopic (exact) mass is 313 g/mol. The van der Waals surface area contributed by atoms with E-state index in [9.17, 15) is 4.79 Å². The number of aromatic nitrogens is 2. The van der Waals surface area contributed by atoms with Gasteiger partial charge in [0.1, 0.15) is 5.82 Å². The molecule has 5 heteroatoms. The highest BCUT2D eigenvalue weighted by Crippen LogP contribution is 2.19. The predicted octanol–water partition coefficient (Wildman–Crippen LogP) is 3.72. The number of halogens is 1. The molecule has 22 heavy (non-hydrogen) atoms. The van der Waals surface area contributed by atoms with E-state index in [4.69, 9.17) is 11.6 Å².